The lowest BCUT2D eigenvalue weighted by Crippen LogP contribution is -2.20. The van der Waals surface area contributed by atoms with Gasteiger partial charge < -0.3 is 0 Å². The van der Waals surface area contributed by atoms with Crippen molar-refractivity contribution >= 4 is 76.5 Å². The van der Waals surface area contributed by atoms with Crippen LogP contribution < -0.4 is 0 Å². The van der Waals surface area contributed by atoms with E-state index in [4.69, 9.17) is 0 Å². The summed E-state index contributed by atoms with van der Waals surface area (Å²) in [6.45, 7) is 16.2. The Morgan fingerprint density at radius 2 is 1.36 bits per heavy atom. The predicted molar refractivity (Wildman–Crippen MR) is 166 cm³/mol. The quantitative estimate of drug-likeness (QED) is 0.212. The topological polar surface area (TPSA) is 0 Å². The fourth-order valence-corrected chi connectivity index (χ4v) is 8.87. The second-order valence-corrected chi connectivity index (χ2v) is 13.6. The van der Waals surface area contributed by atoms with Crippen molar-refractivity contribution in [2.75, 3.05) is 0 Å². The molecular weight excluding hydrogens is 473 g/mol. The third-order valence-corrected chi connectivity index (χ3v) is 10.9. The van der Waals surface area contributed by atoms with Gasteiger partial charge in [-0.3, -0.25) is 0 Å². The van der Waals surface area contributed by atoms with E-state index in [2.05, 4.69) is 97.0 Å². The Morgan fingerprint density at radius 1 is 0.778 bits per heavy atom. The number of thiophene rings is 2. The van der Waals surface area contributed by atoms with Crippen molar-refractivity contribution in [1.29, 1.82) is 0 Å². The smallest absolute Gasteiger partial charge is 0.0433 e. The number of fused-ring (bicyclic) bond motifs is 6. The molecule has 0 amide bonds. The van der Waals surface area contributed by atoms with Crippen molar-refractivity contribution in [3.8, 4) is 0 Å². The van der Waals surface area contributed by atoms with E-state index in [1.165, 1.54) is 86.6 Å². The SMILES string of the molecule is C/C=C\c1c(C)sc2c1ccc1c(C)c3c(ccc4c(/C=C\C5CCC5C)c(C)sc43)c(C(C)C)c12. The molecule has 1 fully saturated rings. The van der Waals surface area contributed by atoms with Crippen molar-refractivity contribution in [2.24, 2.45) is 11.8 Å². The first-order valence-corrected chi connectivity index (χ1v) is 15.1. The molecule has 0 radical (unpaired) electrons. The van der Waals surface area contributed by atoms with Crippen LogP contribution in [0.1, 0.15) is 78.5 Å². The van der Waals surface area contributed by atoms with Gasteiger partial charge in [0.1, 0.15) is 0 Å². The van der Waals surface area contributed by atoms with Crippen LogP contribution in [0.4, 0.5) is 0 Å². The van der Waals surface area contributed by atoms with Gasteiger partial charge >= 0.3 is 0 Å². The Hall–Kier alpha value is -2.42. The van der Waals surface area contributed by atoms with Gasteiger partial charge in [0.05, 0.1) is 0 Å². The number of rotatable bonds is 4. The molecule has 3 aromatic carbocycles. The summed E-state index contributed by atoms with van der Waals surface area (Å²) in [6, 6.07) is 9.61. The van der Waals surface area contributed by atoms with E-state index < -0.39 is 0 Å². The molecule has 1 saturated carbocycles. The molecule has 2 aromatic heterocycles. The van der Waals surface area contributed by atoms with E-state index in [0.717, 1.165) is 11.8 Å². The summed E-state index contributed by atoms with van der Waals surface area (Å²) in [7, 11) is 0. The van der Waals surface area contributed by atoms with Crippen LogP contribution in [0.25, 0.3) is 53.9 Å². The highest BCUT2D eigenvalue weighted by atomic mass is 32.1. The lowest BCUT2D eigenvalue weighted by Gasteiger charge is -2.31. The molecule has 0 N–H and O–H groups in total. The highest BCUT2D eigenvalue weighted by Crippen LogP contribution is 2.48. The minimum atomic E-state index is 0.451. The van der Waals surface area contributed by atoms with Gasteiger partial charge in [-0.05, 0) is 91.3 Å². The van der Waals surface area contributed by atoms with Crippen molar-refractivity contribution in [1.82, 2.24) is 0 Å². The van der Waals surface area contributed by atoms with Gasteiger partial charge in [-0.25, -0.2) is 0 Å². The molecule has 2 atom stereocenters. The Balaban J connectivity index is 1.70. The second kappa shape index (κ2) is 8.85. The van der Waals surface area contributed by atoms with Crippen molar-refractivity contribution in [2.45, 2.75) is 67.2 Å². The van der Waals surface area contributed by atoms with Crippen LogP contribution in [-0.4, -0.2) is 0 Å². The number of hydrogen-bond donors (Lipinski definition) is 0. The summed E-state index contributed by atoms with van der Waals surface area (Å²) >= 11 is 3.95. The first kappa shape index (κ1) is 23.9. The van der Waals surface area contributed by atoms with Gasteiger partial charge in [0.25, 0.3) is 0 Å². The molecule has 2 unspecified atom stereocenters. The maximum absolute atomic E-state index is 2.48. The molecule has 1 aliphatic carbocycles. The summed E-state index contributed by atoms with van der Waals surface area (Å²) in [5, 5.41) is 8.63. The highest BCUT2D eigenvalue weighted by molar-refractivity contribution is 7.21. The second-order valence-electron chi connectivity index (χ2n) is 11.1. The van der Waals surface area contributed by atoms with Crippen molar-refractivity contribution in [3.05, 3.63) is 68.4 Å². The number of benzene rings is 3. The lowest BCUT2D eigenvalue weighted by atomic mass is 9.75. The molecule has 0 aliphatic heterocycles. The fourth-order valence-electron chi connectivity index (χ4n) is 6.42. The summed E-state index contributed by atoms with van der Waals surface area (Å²) in [5.41, 5.74) is 5.76. The lowest BCUT2D eigenvalue weighted by molar-refractivity contribution is 0.252. The molecule has 36 heavy (non-hydrogen) atoms. The average Bonchev–Trinajstić information content (AvgIpc) is 3.33. The Bertz CT molecular complexity index is 1720. The molecular formula is C34H36S2. The zero-order chi connectivity index (χ0) is 25.3. The first-order chi connectivity index (χ1) is 17.3. The molecule has 2 heteroatoms. The third kappa shape index (κ3) is 3.45. The van der Waals surface area contributed by atoms with E-state index in [0.29, 0.717) is 5.92 Å². The number of aryl methyl sites for hydroxylation is 3. The van der Waals surface area contributed by atoms with Gasteiger partial charge in [0.15, 0.2) is 0 Å². The van der Waals surface area contributed by atoms with Crippen LogP contribution in [0.2, 0.25) is 0 Å². The minimum Gasteiger partial charge on any atom is -0.139 e. The first-order valence-electron chi connectivity index (χ1n) is 13.5. The monoisotopic (exact) mass is 508 g/mol. The summed E-state index contributed by atoms with van der Waals surface area (Å²) < 4.78 is 2.91. The summed E-state index contributed by atoms with van der Waals surface area (Å²) in [4.78, 5) is 2.84. The van der Waals surface area contributed by atoms with Gasteiger partial charge in [-0.1, -0.05) is 69.3 Å². The van der Waals surface area contributed by atoms with Crippen LogP contribution in [0.15, 0.2) is 36.4 Å². The molecule has 0 nitrogen and oxygen atoms in total. The molecule has 6 rings (SSSR count). The average molecular weight is 509 g/mol. The Kier molecular flexibility index (Phi) is 5.89. The van der Waals surface area contributed by atoms with Gasteiger partial charge in [0, 0.05) is 40.7 Å². The zero-order valence-corrected chi connectivity index (χ0v) is 24.2. The van der Waals surface area contributed by atoms with Crippen LogP contribution in [-0.2, 0) is 0 Å². The molecule has 1 aliphatic rings. The predicted octanol–water partition coefficient (Wildman–Crippen LogP) is 11.6. The maximum atomic E-state index is 2.48. The van der Waals surface area contributed by atoms with Gasteiger partial charge in [-0.2, -0.15) is 0 Å². The normalized spacial score (nSPS) is 18.8. The molecule has 0 spiro atoms. The van der Waals surface area contributed by atoms with Crippen LogP contribution in [0.5, 0.6) is 0 Å². The molecule has 2 heterocycles. The number of allylic oxidation sites excluding steroid dienone is 2. The summed E-state index contributed by atoms with van der Waals surface area (Å²) in [6.07, 6.45) is 12.1. The molecule has 0 saturated heterocycles. The van der Waals surface area contributed by atoms with E-state index in [1.807, 2.05) is 22.7 Å². The van der Waals surface area contributed by atoms with E-state index in [-0.39, 0.29) is 0 Å². The highest BCUT2D eigenvalue weighted by Gasteiger charge is 2.25. The van der Waals surface area contributed by atoms with E-state index in [9.17, 15) is 0 Å². The summed E-state index contributed by atoms with van der Waals surface area (Å²) in [5.74, 6) is 2.04. The Morgan fingerprint density at radius 3 is 1.92 bits per heavy atom. The van der Waals surface area contributed by atoms with Crippen LogP contribution in [0.3, 0.4) is 0 Å². The van der Waals surface area contributed by atoms with Gasteiger partial charge in [0.2, 0.25) is 0 Å². The van der Waals surface area contributed by atoms with E-state index in [1.54, 1.807) is 0 Å². The number of hydrogen-bond acceptors (Lipinski definition) is 2. The standard InChI is InChI=1S/C34H36S2/c1-8-9-25-21(6)36-34-27(25)15-14-24-20(5)31-29(30(18(2)3)32(24)34)17-16-28-26(22(7)35-33(28)31)13-12-23-11-10-19(23)4/h8-9,12-19,23H,10-11H2,1-7H3/b9-8-,13-12-. The molecule has 5 aromatic rings. The van der Waals surface area contributed by atoms with Crippen LogP contribution >= 0.6 is 22.7 Å². The third-order valence-electron chi connectivity index (χ3n) is 8.61. The van der Waals surface area contributed by atoms with E-state index >= 15 is 0 Å². The minimum absolute atomic E-state index is 0.451. The Labute approximate surface area is 223 Å². The zero-order valence-electron chi connectivity index (χ0n) is 22.6. The van der Waals surface area contributed by atoms with Crippen molar-refractivity contribution < 1.29 is 0 Å². The fraction of sp³-hybridized carbons (Fsp3) is 0.353. The maximum Gasteiger partial charge on any atom is 0.0433 e. The van der Waals surface area contributed by atoms with Gasteiger partial charge in [-0.15, -0.1) is 22.7 Å². The van der Waals surface area contributed by atoms with Crippen molar-refractivity contribution in [3.63, 3.8) is 0 Å². The largest absolute Gasteiger partial charge is 0.139 e. The molecule has 184 valence electrons. The molecule has 0 bridgehead atoms. The van der Waals surface area contributed by atoms with Crippen LogP contribution in [0, 0.1) is 32.6 Å².